The molecule has 26 heavy (non-hydrogen) atoms. The quantitative estimate of drug-likeness (QED) is 0.561. The molecule has 0 aliphatic heterocycles. The molecule has 0 spiro atoms. The number of anilines is 1. The van der Waals surface area contributed by atoms with Crippen LogP contribution in [0, 0.1) is 10.1 Å². The summed E-state index contributed by atoms with van der Waals surface area (Å²) in [5, 5.41) is 14.6. The molecule has 1 aromatic carbocycles. The molecular formula is C19H20N4O3. The Morgan fingerprint density at radius 1 is 1.15 bits per heavy atom. The Balaban J connectivity index is 2.07. The fourth-order valence-corrected chi connectivity index (χ4v) is 2.85. The summed E-state index contributed by atoms with van der Waals surface area (Å²) in [7, 11) is 0. The first-order chi connectivity index (χ1) is 12.3. The molecule has 0 aliphatic carbocycles. The van der Waals surface area contributed by atoms with Crippen LogP contribution in [-0.4, -0.2) is 20.3 Å². The number of benzene rings is 1. The van der Waals surface area contributed by atoms with Crippen LogP contribution in [0.1, 0.15) is 26.3 Å². The van der Waals surface area contributed by atoms with E-state index < -0.39 is 16.2 Å². The minimum atomic E-state index is -0.701. The Morgan fingerprint density at radius 3 is 2.46 bits per heavy atom. The monoisotopic (exact) mass is 352 g/mol. The lowest BCUT2D eigenvalue weighted by Crippen LogP contribution is -2.38. The van der Waals surface area contributed by atoms with Gasteiger partial charge in [0.1, 0.15) is 5.65 Å². The molecule has 7 nitrogen and oxygen atoms in total. The van der Waals surface area contributed by atoms with Crippen molar-refractivity contribution in [3.8, 4) is 0 Å². The number of rotatable bonds is 5. The van der Waals surface area contributed by atoms with E-state index in [9.17, 15) is 14.9 Å². The normalized spacial score (nSPS) is 12.7. The van der Waals surface area contributed by atoms with E-state index >= 15 is 0 Å². The zero-order valence-electron chi connectivity index (χ0n) is 14.8. The number of hydrogen-bond acceptors (Lipinski definition) is 5. The van der Waals surface area contributed by atoms with Crippen molar-refractivity contribution in [3.05, 3.63) is 80.8 Å². The van der Waals surface area contributed by atoms with Crippen LogP contribution in [0.4, 0.5) is 11.5 Å². The van der Waals surface area contributed by atoms with Crippen molar-refractivity contribution < 1.29 is 4.92 Å². The minimum Gasteiger partial charge on any atom is -0.361 e. The van der Waals surface area contributed by atoms with Crippen LogP contribution in [0.15, 0.2) is 59.5 Å². The fourth-order valence-electron chi connectivity index (χ4n) is 2.85. The highest BCUT2D eigenvalue weighted by Gasteiger charge is 2.31. The van der Waals surface area contributed by atoms with Crippen molar-refractivity contribution >= 4 is 17.2 Å². The van der Waals surface area contributed by atoms with Crippen LogP contribution < -0.4 is 10.9 Å². The molecule has 1 unspecified atom stereocenters. The molecule has 1 atom stereocenters. The molecule has 3 rings (SSSR count). The molecule has 7 heteroatoms. The Morgan fingerprint density at radius 2 is 1.81 bits per heavy atom. The first kappa shape index (κ1) is 17.6. The van der Waals surface area contributed by atoms with Crippen molar-refractivity contribution in [3.63, 3.8) is 0 Å². The van der Waals surface area contributed by atoms with Crippen molar-refractivity contribution in [2.45, 2.75) is 32.2 Å². The molecule has 0 saturated carbocycles. The second kappa shape index (κ2) is 6.59. The first-order valence-electron chi connectivity index (χ1n) is 8.30. The second-order valence-electron chi connectivity index (χ2n) is 6.75. The van der Waals surface area contributed by atoms with Crippen LogP contribution in [0.5, 0.6) is 0 Å². The van der Waals surface area contributed by atoms with Gasteiger partial charge in [-0.05, 0) is 24.6 Å². The van der Waals surface area contributed by atoms with E-state index in [2.05, 4.69) is 10.3 Å². The zero-order valence-corrected chi connectivity index (χ0v) is 14.8. The molecule has 0 radical (unpaired) electrons. The Bertz CT molecular complexity index is 1010. The first-order valence-corrected chi connectivity index (χ1v) is 8.30. The highest BCUT2D eigenvalue weighted by atomic mass is 16.6. The summed E-state index contributed by atoms with van der Waals surface area (Å²) >= 11 is 0. The van der Waals surface area contributed by atoms with Crippen LogP contribution >= 0.6 is 0 Å². The maximum absolute atomic E-state index is 12.5. The summed E-state index contributed by atoms with van der Waals surface area (Å²) in [6.07, 6.45) is 1.47. The molecule has 0 amide bonds. The molecule has 134 valence electrons. The lowest BCUT2D eigenvalue weighted by Gasteiger charge is -2.33. The molecule has 2 aromatic heterocycles. The van der Waals surface area contributed by atoms with Crippen LogP contribution in [0.25, 0.3) is 5.65 Å². The van der Waals surface area contributed by atoms with Gasteiger partial charge in [0, 0.05) is 17.7 Å². The molecule has 0 aliphatic rings. The molecule has 1 N–H and O–H groups in total. The van der Waals surface area contributed by atoms with Crippen molar-refractivity contribution in [1.82, 2.24) is 9.38 Å². The van der Waals surface area contributed by atoms with Gasteiger partial charge in [-0.1, -0.05) is 50.2 Å². The summed E-state index contributed by atoms with van der Waals surface area (Å²) in [6, 6.07) is 14.7. The van der Waals surface area contributed by atoms with Gasteiger partial charge in [-0.2, -0.15) is 0 Å². The number of nitrogens with zero attached hydrogens (tertiary/aromatic N) is 3. The number of nitro groups is 1. The highest BCUT2D eigenvalue weighted by molar-refractivity contribution is 5.60. The number of fused-ring (bicyclic) bond motifs is 1. The number of aromatic nitrogens is 2. The summed E-state index contributed by atoms with van der Waals surface area (Å²) in [4.78, 5) is 27.7. The Labute approximate surface area is 150 Å². The molecule has 0 saturated heterocycles. The maximum Gasteiger partial charge on any atom is 0.376 e. The van der Waals surface area contributed by atoms with Gasteiger partial charge in [0.05, 0.1) is 4.92 Å². The predicted molar refractivity (Wildman–Crippen MR) is 101 cm³/mol. The van der Waals surface area contributed by atoms with Crippen molar-refractivity contribution in [1.29, 1.82) is 0 Å². The Hall–Kier alpha value is -3.22. The largest absolute Gasteiger partial charge is 0.376 e. The lowest BCUT2D eigenvalue weighted by atomic mass is 9.78. The van der Waals surface area contributed by atoms with E-state index in [0.717, 1.165) is 5.56 Å². The van der Waals surface area contributed by atoms with E-state index in [1.807, 2.05) is 51.1 Å². The maximum atomic E-state index is 12.5. The minimum absolute atomic E-state index is 0.0114. The molecule has 2 heterocycles. The van der Waals surface area contributed by atoms with Crippen LogP contribution in [0.2, 0.25) is 0 Å². The van der Waals surface area contributed by atoms with Gasteiger partial charge < -0.3 is 5.32 Å². The third-order valence-electron chi connectivity index (χ3n) is 4.85. The number of hydrogen-bond donors (Lipinski definition) is 1. The van der Waals surface area contributed by atoms with E-state index in [-0.39, 0.29) is 17.3 Å². The van der Waals surface area contributed by atoms with Gasteiger partial charge in [-0.3, -0.25) is 19.3 Å². The molecule has 0 fully saturated rings. The average molecular weight is 352 g/mol. The molecular weight excluding hydrogens is 332 g/mol. The highest BCUT2D eigenvalue weighted by Crippen LogP contribution is 2.30. The van der Waals surface area contributed by atoms with E-state index in [1.54, 1.807) is 18.2 Å². The fraction of sp³-hybridized carbons (Fsp3) is 0.263. The molecule has 3 aromatic rings. The van der Waals surface area contributed by atoms with E-state index in [1.165, 1.54) is 10.6 Å². The Kier molecular flexibility index (Phi) is 4.46. The third kappa shape index (κ3) is 3.03. The summed E-state index contributed by atoms with van der Waals surface area (Å²) in [5.74, 6) is -0.0114. The van der Waals surface area contributed by atoms with Crippen LogP contribution in [0.3, 0.4) is 0 Å². The van der Waals surface area contributed by atoms with Gasteiger partial charge in [-0.25, -0.2) is 4.98 Å². The number of pyridine rings is 1. The van der Waals surface area contributed by atoms with Gasteiger partial charge >= 0.3 is 11.2 Å². The smallest absolute Gasteiger partial charge is 0.361 e. The third-order valence-corrected chi connectivity index (χ3v) is 4.85. The SMILES string of the molecule is CC(Nc1nc2ccccn2c(=O)c1[N+](=O)[O-])C(C)(C)c1ccccc1. The molecule has 0 bridgehead atoms. The number of nitrogens with one attached hydrogen (secondary N) is 1. The van der Waals surface area contributed by atoms with Crippen molar-refractivity contribution in [2.75, 3.05) is 5.32 Å². The summed E-state index contributed by atoms with van der Waals surface area (Å²) in [6.45, 7) is 6.00. The predicted octanol–water partition coefficient (Wildman–Crippen LogP) is 3.38. The van der Waals surface area contributed by atoms with E-state index in [4.69, 9.17) is 0 Å². The lowest BCUT2D eigenvalue weighted by molar-refractivity contribution is -0.385. The summed E-state index contributed by atoms with van der Waals surface area (Å²) in [5.41, 5.74) is -0.147. The van der Waals surface area contributed by atoms with Gasteiger partial charge in [0.15, 0.2) is 0 Å². The van der Waals surface area contributed by atoms with Crippen LogP contribution in [-0.2, 0) is 5.41 Å². The van der Waals surface area contributed by atoms with Gasteiger partial charge in [0.25, 0.3) is 0 Å². The standard InChI is InChI=1S/C19H20N4O3/c1-13(19(2,3)14-9-5-4-6-10-14)20-17-16(23(25)26)18(24)22-12-8-7-11-15(22)21-17/h4-13,20H,1-3H3. The van der Waals surface area contributed by atoms with Gasteiger partial charge in [0.2, 0.25) is 5.82 Å². The second-order valence-corrected chi connectivity index (χ2v) is 6.75. The topological polar surface area (TPSA) is 89.5 Å². The van der Waals surface area contributed by atoms with E-state index in [0.29, 0.717) is 5.65 Å². The zero-order chi connectivity index (χ0) is 18.9. The van der Waals surface area contributed by atoms with Gasteiger partial charge in [-0.15, -0.1) is 0 Å². The van der Waals surface area contributed by atoms with Crippen molar-refractivity contribution in [2.24, 2.45) is 0 Å². The average Bonchev–Trinajstić information content (AvgIpc) is 2.62. The summed E-state index contributed by atoms with van der Waals surface area (Å²) < 4.78 is 1.18.